The Bertz CT molecular complexity index is 55.8. The molecule has 0 aliphatic rings. The predicted molar refractivity (Wildman–Crippen MR) is 22.3 cm³/mol. The quantitative estimate of drug-likeness (QED) is 0.339. The summed E-state index contributed by atoms with van der Waals surface area (Å²) in [6.45, 7) is 0. The minimum atomic E-state index is -3.14. The van der Waals surface area contributed by atoms with E-state index in [1.165, 1.54) is 0 Å². The summed E-state index contributed by atoms with van der Waals surface area (Å²) in [6, 6.07) is 0. The molecule has 4 heteroatoms. The summed E-state index contributed by atoms with van der Waals surface area (Å²) in [4.78, 5) is 0. The van der Waals surface area contributed by atoms with Crippen LogP contribution in [0.2, 0.25) is 0 Å². The third-order valence-electron chi connectivity index (χ3n) is 0. The van der Waals surface area contributed by atoms with Gasteiger partial charge in [-0.3, -0.25) is 4.55 Å². The van der Waals surface area contributed by atoms with Crippen molar-refractivity contribution in [2.45, 2.75) is 0 Å². The molecule has 5 heavy (non-hydrogen) atoms. The van der Waals surface area contributed by atoms with Crippen LogP contribution < -0.4 is 5.14 Å². The van der Waals surface area contributed by atoms with E-state index in [0.29, 0.717) is 0 Å². The molecule has 34 valence electrons. The summed E-state index contributed by atoms with van der Waals surface area (Å²) in [5.41, 5.74) is 0. The standard InChI is InChI=1S/CH7NO2S/c1-5(2,3)4/h5H,1H3,(H3,2,3,4). The zero-order valence-electron chi connectivity index (χ0n) is 2.88. The van der Waals surface area contributed by atoms with Gasteiger partial charge in [0.2, 0.25) is 0 Å². The predicted octanol–water partition coefficient (Wildman–Crippen LogP) is -1.02. The van der Waals surface area contributed by atoms with E-state index in [1.807, 2.05) is 0 Å². The fourth-order valence-corrected chi connectivity index (χ4v) is 0. The summed E-state index contributed by atoms with van der Waals surface area (Å²) in [6.07, 6.45) is 1.08. The molecule has 0 heterocycles. The van der Waals surface area contributed by atoms with E-state index in [4.69, 9.17) is 4.55 Å². The van der Waals surface area contributed by atoms with E-state index in [0.717, 1.165) is 6.26 Å². The topological polar surface area (TPSA) is 63.3 Å². The van der Waals surface area contributed by atoms with Crippen LogP contribution in [-0.4, -0.2) is 15.0 Å². The molecule has 0 aromatic carbocycles. The molecule has 0 unspecified atom stereocenters. The van der Waals surface area contributed by atoms with Crippen molar-refractivity contribution < 1.29 is 8.76 Å². The van der Waals surface area contributed by atoms with Gasteiger partial charge in [-0.25, -0.2) is 5.14 Å². The molecule has 0 amide bonds. The first kappa shape index (κ1) is 5.07. The van der Waals surface area contributed by atoms with Crippen molar-refractivity contribution >= 4 is 10.4 Å². The van der Waals surface area contributed by atoms with Gasteiger partial charge in [0.05, 0.1) is 0 Å². The van der Waals surface area contributed by atoms with E-state index in [-0.39, 0.29) is 0 Å². The zero-order chi connectivity index (χ0) is 4.50. The second-order valence-corrected chi connectivity index (χ2v) is 2.83. The molecule has 3 nitrogen and oxygen atoms in total. The fraction of sp³-hybridized carbons (Fsp3) is 1.00. The van der Waals surface area contributed by atoms with E-state index >= 15 is 0 Å². The number of rotatable bonds is 0. The Morgan fingerprint density at radius 2 is 2.00 bits per heavy atom. The van der Waals surface area contributed by atoms with Crippen molar-refractivity contribution in [3.63, 3.8) is 0 Å². The van der Waals surface area contributed by atoms with Crippen molar-refractivity contribution in [1.29, 1.82) is 0 Å². The lowest BCUT2D eigenvalue weighted by atomic mass is 12.0. The first-order valence-electron chi connectivity index (χ1n) is 1.09. The maximum Gasteiger partial charge on any atom is 0.0337 e. The summed E-state index contributed by atoms with van der Waals surface area (Å²) in [5, 5.41) is 4.47. The first-order valence-corrected chi connectivity index (χ1v) is 3.26. The van der Waals surface area contributed by atoms with Crippen LogP contribution in [0.25, 0.3) is 0 Å². The van der Waals surface area contributed by atoms with Crippen molar-refractivity contribution in [2.75, 3.05) is 6.26 Å². The molecule has 0 aromatic heterocycles. The summed E-state index contributed by atoms with van der Waals surface area (Å²) >= 11 is 0. The molecule has 0 atom stereocenters. The van der Waals surface area contributed by atoms with Crippen LogP contribution in [0.15, 0.2) is 0 Å². The lowest BCUT2D eigenvalue weighted by Crippen LogP contribution is -2.17. The van der Waals surface area contributed by atoms with Gasteiger partial charge in [-0.15, -0.1) is 0 Å². The Labute approximate surface area is 31.6 Å². The highest BCUT2D eigenvalue weighted by Gasteiger charge is 1.71. The molecular weight excluding hydrogens is 90.1 g/mol. The van der Waals surface area contributed by atoms with Crippen LogP contribution >= 0.6 is 0 Å². The third kappa shape index (κ3) is 3560. The maximum absolute atomic E-state index is 9.55. The Hall–Kier alpha value is 0.0700. The average molecular weight is 97.1 g/mol. The molecule has 0 aliphatic carbocycles. The van der Waals surface area contributed by atoms with Gasteiger partial charge in [0.1, 0.15) is 0 Å². The van der Waals surface area contributed by atoms with E-state index in [1.54, 1.807) is 0 Å². The van der Waals surface area contributed by atoms with Crippen LogP contribution in [0.4, 0.5) is 0 Å². The van der Waals surface area contributed by atoms with Gasteiger partial charge >= 0.3 is 0 Å². The highest BCUT2D eigenvalue weighted by atomic mass is 32.3. The Kier molecular flexibility index (Phi) is 1.06. The molecule has 3 N–H and O–H groups in total. The average Bonchev–Trinajstić information content (AvgIpc) is 0.722. The molecule has 0 aliphatic heterocycles. The third-order valence-corrected chi connectivity index (χ3v) is 0. The molecule has 0 rings (SSSR count). The fourth-order valence-electron chi connectivity index (χ4n) is 0. The number of hydrogen-bond donors (Lipinski definition) is 3. The largest absolute Gasteiger partial charge is 0.293 e. The van der Waals surface area contributed by atoms with Gasteiger partial charge < -0.3 is 0 Å². The van der Waals surface area contributed by atoms with Gasteiger partial charge in [-0.1, -0.05) is 0 Å². The smallest absolute Gasteiger partial charge is 0.0337 e. The molecule has 0 fully saturated rings. The van der Waals surface area contributed by atoms with Crippen LogP contribution in [0.5, 0.6) is 0 Å². The van der Waals surface area contributed by atoms with Gasteiger partial charge in [-0.05, 0) is 0 Å². The van der Waals surface area contributed by atoms with Crippen LogP contribution in [0.1, 0.15) is 0 Å². The molecule has 0 saturated carbocycles. The second-order valence-electron chi connectivity index (χ2n) is 0.943. The number of nitrogens with two attached hydrogens (primary N) is 1. The maximum atomic E-state index is 9.55. The van der Waals surface area contributed by atoms with Crippen molar-refractivity contribution in [3.05, 3.63) is 0 Å². The van der Waals surface area contributed by atoms with Gasteiger partial charge in [0, 0.05) is 6.26 Å². The van der Waals surface area contributed by atoms with E-state index < -0.39 is 10.4 Å². The van der Waals surface area contributed by atoms with Crippen LogP contribution in [0.3, 0.4) is 0 Å². The summed E-state index contributed by atoms with van der Waals surface area (Å²) in [7, 11) is -3.14. The first-order chi connectivity index (χ1) is 2.00. The molecule has 0 aromatic rings. The van der Waals surface area contributed by atoms with Crippen molar-refractivity contribution in [1.82, 2.24) is 0 Å². The van der Waals surface area contributed by atoms with Gasteiger partial charge in [0.15, 0.2) is 0 Å². The second kappa shape index (κ2) is 1.04. The molecule has 0 spiro atoms. The van der Waals surface area contributed by atoms with E-state index in [9.17, 15) is 4.21 Å². The van der Waals surface area contributed by atoms with E-state index in [2.05, 4.69) is 5.14 Å². The lowest BCUT2D eigenvalue weighted by molar-refractivity contribution is 0.548. The molecular formula is CH7NO2S. The highest BCUT2D eigenvalue weighted by Crippen LogP contribution is 1.67. The molecule has 0 radical (unpaired) electrons. The lowest BCUT2D eigenvalue weighted by Gasteiger charge is -2.04. The molecule has 0 saturated heterocycles. The van der Waals surface area contributed by atoms with Crippen LogP contribution in [-0.2, 0) is 10.4 Å². The Balaban J connectivity index is 3.47. The SMILES string of the molecule is C[SH](N)(=O)O. The number of hydrogen-bond acceptors (Lipinski definition) is 1. The van der Waals surface area contributed by atoms with Crippen molar-refractivity contribution in [2.24, 2.45) is 5.14 Å². The molecule has 0 bridgehead atoms. The Morgan fingerprint density at radius 3 is 2.00 bits per heavy atom. The van der Waals surface area contributed by atoms with Crippen molar-refractivity contribution in [3.8, 4) is 0 Å². The summed E-state index contributed by atoms with van der Waals surface area (Å²) < 4.78 is 17.4. The van der Waals surface area contributed by atoms with Gasteiger partial charge in [-0.2, -0.15) is 14.6 Å². The normalized spacial score (nSPS) is 15.0. The minimum absolute atomic E-state index is 1.08. The van der Waals surface area contributed by atoms with Gasteiger partial charge in [0.25, 0.3) is 0 Å². The summed E-state index contributed by atoms with van der Waals surface area (Å²) in [5.74, 6) is 0. The zero-order valence-corrected chi connectivity index (χ0v) is 3.77. The number of thiol groups is 1. The Morgan fingerprint density at radius 1 is 2.00 bits per heavy atom. The monoisotopic (exact) mass is 97.0 g/mol. The van der Waals surface area contributed by atoms with Crippen LogP contribution in [0, 0.1) is 0 Å². The minimum Gasteiger partial charge on any atom is -0.293 e. The highest BCUT2D eigenvalue weighted by molar-refractivity contribution is 7.94.